The molecule has 174 valence electrons. The Labute approximate surface area is 213 Å². The van der Waals surface area contributed by atoms with Gasteiger partial charge < -0.3 is 9.55 Å². The molecule has 5 aromatic carbocycles. The zero-order chi connectivity index (χ0) is 24.5. The van der Waals surface area contributed by atoms with E-state index in [1.54, 1.807) is 0 Å². The lowest BCUT2D eigenvalue weighted by molar-refractivity contribution is 1.18. The minimum Gasteiger partial charge on any atom is -0.321 e. The van der Waals surface area contributed by atoms with Crippen molar-refractivity contribution < 1.29 is 0 Å². The maximum atomic E-state index is 13.1. The van der Waals surface area contributed by atoms with E-state index in [9.17, 15) is 4.79 Å². The predicted molar refractivity (Wildman–Crippen MR) is 153 cm³/mol. The summed E-state index contributed by atoms with van der Waals surface area (Å²) in [4.78, 5) is 16.2. The van der Waals surface area contributed by atoms with Crippen LogP contribution in [0.3, 0.4) is 0 Å². The third-order valence-electron chi connectivity index (χ3n) is 7.80. The zero-order valence-corrected chi connectivity index (χ0v) is 20.0. The van der Waals surface area contributed by atoms with Gasteiger partial charge in [0.15, 0.2) is 0 Å². The molecule has 2 aromatic heterocycles. The van der Waals surface area contributed by atoms with Gasteiger partial charge in [-0.2, -0.15) is 0 Å². The molecule has 0 fully saturated rings. The van der Waals surface area contributed by atoms with E-state index >= 15 is 0 Å². The van der Waals surface area contributed by atoms with Gasteiger partial charge in [-0.1, -0.05) is 72.8 Å². The first-order valence-electron chi connectivity index (χ1n) is 12.6. The summed E-state index contributed by atoms with van der Waals surface area (Å²) in [6.07, 6.45) is 0.791. The molecule has 0 atom stereocenters. The van der Waals surface area contributed by atoms with E-state index < -0.39 is 0 Å². The standard InChI is InChI=1S/C34H22N2O/c37-34-33-27-18-21(14-15-23(27)20-29(33)25-10-4-6-12-30(25)35-34)22-16-17-32-28(19-22)26-11-5-7-13-31(26)36(32)24-8-2-1-3-9-24/h1-19H,20H2,(H,35,37). The van der Waals surface area contributed by atoms with Crippen LogP contribution >= 0.6 is 0 Å². The summed E-state index contributed by atoms with van der Waals surface area (Å²) < 4.78 is 2.33. The van der Waals surface area contributed by atoms with Crippen molar-refractivity contribution in [1.29, 1.82) is 0 Å². The van der Waals surface area contributed by atoms with E-state index in [1.807, 2.05) is 18.2 Å². The molecule has 0 unspecified atom stereocenters. The quantitative estimate of drug-likeness (QED) is 0.272. The van der Waals surface area contributed by atoms with Crippen LogP contribution in [-0.4, -0.2) is 9.55 Å². The molecule has 7 aromatic rings. The number of fused-ring (bicyclic) bond motifs is 8. The zero-order valence-electron chi connectivity index (χ0n) is 20.0. The van der Waals surface area contributed by atoms with Gasteiger partial charge in [0.25, 0.3) is 5.56 Å². The molecule has 1 aliphatic carbocycles. The molecule has 0 spiro atoms. The number of H-pyrrole nitrogens is 1. The van der Waals surface area contributed by atoms with Crippen molar-refractivity contribution in [2.45, 2.75) is 6.42 Å². The topological polar surface area (TPSA) is 37.8 Å². The van der Waals surface area contributed by atoms with Crippen molar-refractivity contribution in [3.8, 4) is 27.9 Å². The van der Waals surface area contributed by atoms with Gasteiger partial charge in [-0.05, 0) is 76.7 Å². The summed E-state index contributed by atoms with van der Waals surface area (Å²) in [7, 11) is 0. The maximum absolute atomic E-state index is 13.1. The van der Waals surface area contributed by atoms with Gasteiger partial charge in [0, 0.05) is 27.4 Å². The lowest BCUT2D eigenvalue weighted by atomic mass is 9.97. The van der Waals surface area contributed by atoms with Gasteiger partial charge in [-0.25, -0.2) is 0 Å². The molecule has 1 N–H and O–H groups in total. The Morgan fingerprint density at radius 1 is 0.622 bits per heavy atom. The van der Waals surface area contributed by atoms with Crippen LogP contribution in [0.4, 0.5) is 0 Å². The summed E-state index contributed by atoms with van der Waals surface area (Å²) in [5, 5.41) is 3.59. The highest BCUT2D eigenvalue weighted by atomic mass is 16.1. The average molecular weight is 475 g/mol. The highest BCUT2D eigenvalue weighted by Gasteiger charge is 2.24. The van der Waals surface area contributed by atoms with Crippen LogP contribution in [0.1, 0.15) is 11.1 Å². The van der Waals surface area contributed by atoms with E-state index in [2.05, 4.69) is 107 Å². The first kappa shape index (κ1) is 20.3. The third-order valence-corrected chi connectivity index (χ3v) is 7.80. The monoisotopic (exact) mass is 474 g/mol. The number of rotatable bonds is 2. The molecule has 3 heteroatoms. The number of nitrogens with zero attached hydrogens (tertiary/aromatic N) is 1. The van der Waals surface area contributed by atoms with Gasteiger partial charge in [-0.15, -0.1) is 0 Å². The molecular formula is C34H22N2O. The summed E-state index contributed by atoms with van der Waals surface area (Å²) in [5.41, 5.74) is 10.9. The van der Waals surface area contributed by atoms with E-state index in [0.29, 0.717) is 0 Å². The number of para-hydroxylation sites is 3. The summed E-state index contributed by atoms with van der Waals surface area (Å²) in [6.45, 7) is 0. The molecule has 2 heterocycles. The van der Waals surface area contributed by atoms with Gasteiger partial charge in [-0.3, -0.25) is 4.79 Å². The van der Waals surface area contributed by atoms with Crippen LogP contribution in [0.25, 0.3) is 60.6 Å². The summed E-state index contributed by atoms with van der Waals surface area (Å²) in [6, 6.07) is 40.5. The molecule has 0 saturated carbocycles. The number of hydrogen-bond donors (Lipinski definition) is 1. The molecule has 3 nitrogen and oxygen atoms in total. The van der Waals surface area contributed by atoms with Crippen LogP contribution < -0.4 is 5.56 Å². The van der Waals surface area contributed by atoms with Crippen molar-refractivity contribution in [2.75, 3.05) is 0 Å². The lowest BCUT2D eigenvalue weighted by Crippen LogP contribution is -2.09. The minimum atomic E-state index is -0.00835. The Morgan fingerprint density at radius 3 is 2.22 bits per heavy atom. The normalized spacial score (nSPS) is 12.3. The molecular weight excluding hydrogens is 452 g/mol. The van der Waals surface area contributed by atoms with Gasteiger partial charge in [0.1, 0.15) is 0 Å². The number of aromatic nitrogens is 2. The maximum Gasteiger partial charge on any atom is 0.256 e. The number of aromatic amines is 1. The smallest absolute Gasteiger partial charge is 0.256 e. The molecule has 8 rings (SSSR count). The number of benzene rings is 5. The molecule has 37 heavy (non-hydrogen) atoms. The third kappa shape index (κ3) is 2.91. The molecule has 0 amide bonds. The first-order chi connectivity index (χ1) is 18.3. The number of nitrogens with one attached hydrogen (secondary N) is 1. The second kappa shape index (κ2) is 7.55. The van der Waals surface area contributed by atoms with Crippen molar-refractivity contribution in [3.05, 3.63) is 137 Å². The van der Waals surface area contributed by atoms with E-state index in [4.69, 9.17) is 0 Å². The summed E-state index contributed by atoms with van der Waals surface area (Å²) >= 11 is 0. The van der Waals surface area contributed by atoms with Crippen LogP contribution in [0, 0.1) is 0 Å². The van der Waals surface area contributed by atoms with Gasteiger partial charge >= 0.3 is 0 Å². The van der Waals surface area contributed by atoms with Crippen LogP contribution in [0.15, 0.2) is 120 Å². The van der Waals surface area contributed by atoms with Crippen molar-refractivity contribution in [3.63, 3.8) is 0 Å². The fraction of sp³-hybridized carbons (Fsp3) is 0.0294. The first-order valence-corrected chi connectivity index (χ1v) is 12.6. The van der Waals surface area contributed by atoms with E-state index in [1.165, 1.54) is 27.4 Å². The SMILES string of the molecule is O=c1[nH]c2ccccc2c2c1-c1cc(-c3ccc4c(c3)c3ccccc3n4-c3ccccc3)ccc1C2. The molecule has 0 bridgehead atoms. The average Bonchev–Trinajstić information content (AvgIpc) is 3.49. The van der Waals surface area contributed by atoms with Gasteiger partial charge in [0.2, 0.25) is 0 Å². The summed E-state index contributed by atoms with van der Waals surface area (Å²) in [5.74, 6) is 0. The Morgan fingerprint density at radius 2 is 1.32 bits per heavy atom. The van der Waals surface area contributed by atoms with Crippen molar-refractivity contribution in [1.82, 2.24) is 9.55 Å². The largest absolute Gasteiger partial charge is 0.321 e. The van der Waals surface area contributed by atoms with Crippen LogP contribution in [0.5, 0.6) is 0 Å². The number of pyridine rings is 1. The highest BCUT2D eigenvalue weighted by Crippen LogP contribution is 2.41. The molecule has 0 radical (unpaired) electrons. The van der Waals surface area contributed by atoms with Crippen molar-refractivity contribution >= 4 is 32.7 Å². The lowest BCUT2D eigenvalue weighted by Gasteiger charge is -2.09. The van der Waals surface area contributed by atoms with E-state index in [-0.39, 0.29) is 5.56 Å². The van der Waals surface area contributed by atoms with E-state index in [0.717, 1.165) is 50.8 Å². The fourth-order valence-electron chi connectivity index (χ4n) is 6.12. The molecule has 0 aliphatic heterocycles. The second-order valence-corrected chi connectivity index (χ2v) is 9.82. The Balaban J connectivity index is 1.33. The molecule has 0 saturated heterocycles. The second-order valence-electron chi connectivity index (χ2n) is 9.82. The fourth-order valence-corrected chi connectivity index (χ4v) is 6.12. The van der Waals surface area contributed by atoms with Crippen LogP contribution in [-0.2, 0) is 6.42 Å². The Kier molecular flexibility index (Phi) is 4.15. The van der Waals surface area contributed by atoms with Crippen molar-refractivity contribution in [2.24, 2.45) is 0 Å². The Hall–Kier alpha value is -4.89. The Bertz CT molecular complexity index is 2080. The molecule has 1 aliphatic rings. The number of hydrogen-bond acceptors (Lipinski definition) is 1. The predicted octanol–water partition coefficient (Wildman–Crippen LogP) is 7.86. The van der Waals surface area contributed by atoms with Crippen LogP contribution in [0.2, 0.25) is 0 Å². The minimum absolute atomic E-state index is 0.00835. The van der Waals surface area contributed by atoms with Gasteiger partial charge in [0.05, 0.1) is 16.6 Å². The highest BCUT2D eigenvalue weighted by molar-refractivity contribution is 6.10.